The highest BCUT2D eigenvalue weighted by Crippen LogP contribution is 2.30. The molecule has 0 N–H and O–H groups in total. The molecule has 0 saturated carbocycles. The zero-order valence-electron chi connectivity index (χ0n) is 15.4. The van der Waals surface area contributed by atoms with Gasteiger partial charge in [-0.25, -0.2) is 14.2 Å². The fourth-order valence-electron chi connectivity index (χ4n) is 2.48. The SMILES string of the molecule is CCOc1cc(/C=C2\N=C(c3ccccc3F)OC2=O)ccc1OC(=O)CC. The molecular weight excluding hydrogens is 365 g/mol. The first-order valence-corrected chi connectivity index (χ1v) is 8.76. The number of cyclic esters (lactones) is 1. The number of halogens is 1. The molecule has 2 aromatic carbocycles. The predicted molar refractivity (Wildman–Crippen MR) is 101 cm³/mol. The monoisotopic (exact) mass is 383 g/mol. The molecule has 0 spiro atoms. The second-order valence-corrected chi connectivity index (χ2v) is 5.78. The molecular formula is C21H18FNO5. The van der Waals surface area contributed by atoms with Gasteiger partial charge in [-0.15, -0.1) is 0 Å². The maximum Gasteiger partial charge on any atom is 0.363 e. The maximum absolute atomic E-state index is 13.9. The Bertz CT molecular complexity index is 981. The summed E-state index contributed by atoms with van der Waals surface area (Å²) in [6, 6.07) is 10.8. The number of hydrogen-bond donors (Lipinski definition) is 0. The molecule has 3 rings (SSSR count). The number of nitrogens with zero attached hydrogens (tertiary/aromatic N) is 1. The van der Waals surface area contributed by atoms with Gasteiger partial charge in [0.05, 0.1) is 12.2 Å². The molecule has 1 heterocycles. The molecule has 0 aromatic heterocycles. The van der Waals surface area contributed by atoms with Crippen LogP contribution in [-0.4, -0.2) is 24.4 Å². The number of carbonyl (C=O) groups is 2. The summed E-state index contributed by atoms with van der Waals surface area (Å²) in [6.45, 7) is 3.86. The minimum atomic E-state index is -0.683. The van der Waals surface area contributed by atoms with Crippen molar-refractivity contribution in [3.63, 3.8) is 0 Å². The molecule has 144 valence electrons. The Morgan fingerprint density at radius 1 is 1.18 bits per heavy atom. The van der Waals surface area contributed by atoms with Crippen molar-refractivity contribution in [3.8, 4) is 11.5 Å². The standard InChI is InChI=1S/C21H18FNO5/c1-3-19(24)27-17-10-9-13(12-18(17)26-4-2)11-16-21(25)28-20(23-16)14-7-5-6-8-15(14)22/h5-12H,3-4H2,1-2H3/b16-11-. The van der Waals surface area contributed by atoms with E-state index in [1.807, 2.05) is 0 Å². The van der Waals surface area contributed by atoms with E-state index in [0.29, 0.717) is 23.7 Å². The van der Waals surface area contributed by atoms with Crippen LogP contribution in [-0.2, 0) is 14.3 Å². The van der Waals surface area contributed by atoms with Crippen LogP contribution < -0.4 is 9.47 Å². The van der Waals surface area contributed by atoms with Gasteiger partial charge in [0.25, 0.3) is 0 Å². The second kappa shape index (κ2) is 8.47. The third-order valence-electron chi connectivity index (χ3n) is 3.81. The summed E-state index contributed by atoms with van der Waals surface area (Å²) in [7, 11) is 0. The van der Waals surface area contributed by atoms with E-state index in [4.69, 9.17) is 14.2 Å². The molecule has 0 aliphatic carbocycles. The summed E-state index contributed by atoms with van der Waals surface area (Å²) in [5, 5.41) is 0. The van der Waals surface area contributed by atoms with Crippen LogP contribution in [0, 0.1) is 5.82 Å². The average Bonchev–Trinajstić information content (AvgIpc) is 3.04. The van der Waals surface area contributed by atoms with Crippen molar-refractivity contribution in [2.45, 2.75) is 20.3 Å². The second-order valence-electron chi connectivity index (χ2n) is 5.78. The summed E-state index contributed by atoms with van der Waals surface area (Å²) < 4.78 is 29.7. The van der Waals surface area contributed by atoms with Crippen LogP contribution in [0.15, 0.2) is 53.2 Å². The summed E-state index contributed by atoms with van der Waals surface area (Å²) in [5.74, 6) is -1.03. The lowest BCUT2D eigenvalue weighted by Gasteiger charge is -2.10. The highest BCUT2D eigenvalue weighted by atomic mass is 19.1. The minimum absolute atomic E-state index is 0.0269. The van der Waals surface area contributed by atoms with Gasteiger partial charge in [0.2, 0.25) is 5.90 Å². The van der Waals surface area contributed by atoms with E-state index in [2.05, 4.69) is 4.99 Å². The fourth-order valence-corrected chi connectivity index (χ4v) is 2.48. The summed E-state index contributed by atoms with van der Waals surface area (Å²) in [6.07, 6.45) is 1.72. The van der Waals surface area contributed by atoms with Crippen LogP contribution in [0.5, 0.6) is 11.5 Å². The van der Waals surface area contributed by atoms with Crippen LogP contribution in [0.25, 0.3) is 6.08 Å². The van der Waals surface area contributed by atoms with Crippen LogP contribution in [0.3, 0.4) is 0 Å². The van der Waals surface area contributed by atoms with Crippen molar-refractivity contribution in [1.82, 2.24) is 0 Å². The molecule has 0 unspecified atom stereocenters. The van der Waals surface area contributed by atoms with Gasteiger partial charge >= 0.3 is 11.9 Å². The molecule has 0 fully saturated rings. The fraction of sp³-hybridized carbons (Fsp3) is 0.190. The van der Waals surface area contributed by atoms with Crippen molar-refractivity contribution in [1.29, 1.82) is 0 Å². The van der Waals surface area contributed by atoms with Gasteiger partial charge < -0.3 is 14.2 Å². The van der Waals surface area contributed by atoms with E-state index in [1.165, 1.54) is 24.3 Å². The molecule has 0 bridgehead atoms. The van der Waals surface area contributed by atoms with Gasteiger partial charge in [-0.05, 0) is 42.8 Å². The molecule has 6 nitrogen and oxygen atoms in total. The zero-order chi connectivity index (χ0) is 20.1. The quantitative estimate of drug-likeness (QED) is 0.430. The molecule has 7 heteroatoms. The number of aliphatic imine (C=N–C) groups is 1. The Kier molecular flexibility index (Phi) is 5.84. The smallest absolute Gasteiger partial charge is 0.363 e. The summed E-state index contributed by atoms with van der Waals surface area (Å²) in [4.78, 5) is 27.7. The van der Waals surface area contributed by atoms with E-state index < -0.39 is 11.8 Å². The third-order valence-corrected chi connectivity index (χ3v) is 3.81. The van der Waals surface area contributed by atoms with Crippen molar-refractivity contribution in [3.05, 3.63) is 65.1 Å². The first-order valence-electron chi connectivity index (χ1n) is 8.76. The van der Waals surface area contributed by atoms with Gasteiger partial charge in [-0.2, -0.15) is 0 Å². The van der Waals surface area contributed by atoms with E-state index in [9.17, 15) is 14.0 Å². The van der Waals surface area contributed by atoms with Crippen molar-refractivity contribution >= 4 is 23.9 Å². The van der Waals surface area contributed by atoms with Gasteiger partial charge in [0.1, 0.15) is 5.82 Å². The minimum Gasteiger partial charge on any atom is -0.490 e. The van der Waals surface area contributed by atoms with E-state index >= 15 is 0 Å². The lowest BCUT2D eigenvalue weighted by molar-refractivity contribution is -0.134. The van der Waals surface area contributed by atoms with Gasteiger partial charge in [-0.3, -0.25) is 4.79 Å². The molecule has 0 saturated heterocycles. The van der Waals surface area contributed by atoms with Gasteiger partial charge in [0.15, 0.2) is 17.2 Å². The Balaban J connectivity index is 1.92. The van der Waals surface area contributed by atoms with E-state index in [0.717, 1.165) is 0 Å². The van der Waals surface area contributed by atoms with E-state index in [-0.39, 0.29) is 29.5 Å². The molecule has 0 atom stereocenters. The first kappa shape index (κ1) is 19.3. The number of hydrogen-bond acceptors (Lipinski definition) is 6. The molecule has 1 aliphatic rings. The predicted octanol–water partition coefficient (Wildman–Crippen LogP) is 3.88. The molecule has 0 radical (unpaired) electrons. The lowest BCUT2D eigenvalue weighted by Crippen LogP contribution is -2.07. The van der Waals surface area contributed by atoms with Crippen LogP contribution in [0.1, 0.15) is 31.4 Å². The third kappa shape index (κ3) is 4.25. The van der Waals surface area contributed by atoms with Crippen molar-refractivity contribution in [2.75, 3.05) is 6.61 Å². The van der Waals surface area contributed by atoms with Gasteiger partial charge in [-0.1, -0.05) is 25.1 Å². The van der Waals surface area contributed by atoms with Crippen molar-refractivity contribution < 1.29 is 28.2 Å². The van der Waals surface area contributed by atoms with Crippen molar-refractivity contribution in [2.24, 2.45) is 4.99 Å². The number of esters is 2. The Morgan fingerprint density at radius 3 is 2.68 bits per heavy atom. The van der Waals surface area contributed by atoms with Crippen LogP contribution in [0.2, 0.25) is 0 Å². The maximum atomic E-state index is 13.9. The first-order chi connectivity index (χ1) is 13.5. The Labute approximate surface area is 161 Å². The number of ether oxygens (including phenoxy) is 3. The normalized spacial score (nSPS) is 14.6. The zero-order valence-corrected chi connectivity index (χ0v) is 15.4. The molecule has 2 aromatic rings. The molecule has 0 amide bonds. The largest absolute Gasteiger partial charge is 0.490 e. The van der Waals surface area contributed by atoms with Crippen LogP contribution >= 0.6 is 0 Å². The van der Waals surface area contributed by atoms with Crippen LogP contribution in [0.4, 0.5) is 4.39 Å². The number of rotatable bonds is 6. The van der Waals surface area contributed by atoms with Gasteiger partial charge in [0, 0.05) is 6.42 Å². The summed E-state index contributed by atoms with van der Waals surface area (Å²) in [5.41, 5.74) is 0.723. The topological polar surface area (TPSA) is 74.2 Å². The average molecular weight is 383 g/mol. The number of benzene rings is 2. The highest BCUT2D eigenvalue weighted by molar-refractivity contribution is 6.12. The van der Waals surface area contributed by atoms with E-state index in [1.54, 1.807) is 38.1 Å². The summed E-state index contributed by atoms with van der Waals surface area (Å²) >= 11 is 0. The highest BCUT2D eigenvalue weighted by Gasteiger charge is 2.26. The molecule has 1 aliphatic heterocycles. The molecule has 28 heavy (non-hydrogen) atoms. The number of carbonyl (C=O) groups excluding carboxylic acids is 2. The Morgan fingerprint density at radius 2 is 1.96 bits per heavy atom. The Hall–Kier alpha value is -3.48. The lowest BCUT2D eigenvalue weighted by atomic mass is 10.1.